The van der Waals surface area contributed by atoms with Gasteiger partial charge in [-0.05, 0) is 55.2 Å². The number of alkyl halides is 3. The molecule has 0 aliphatic carbocycles. The van der Waals surface area contributed by atoms with Gasteiger partial charge in [-0.15, -0.1) is 0 Å². The number of rotatable bonds is 12. The van der Waals surface area contributed by atoms with Crippen LogP contribution in [0.5, 0.6) is 5.75 Å². The Hall–Kier alpha value is -3.29. The number of anilines is 4. The second kappa shape index (κ2) is 12.3. The van der Waals surface area contributed by atoms with Crippen molar-refractivity contribution in [2.75, 3.05) is 17.2 Å². The minimum Gasteiger partial charge on any atom is -0.494 e. The third kappa shape index (κ3) is 7.37. The van der Waals surface area contributed by atoms with Crippen LogP contribution in [0.1, 0.15) is 57.1 Å². The molecule has 0 atom stereocenters. The third-order valence-corrected chi connectivity index (χ3v) is 5.25. The quantitative estimate of drug-likeness (QED) is 0.262. The molecule has 0 unspecified atom stereocenters. The van der Waals surface area contributed by atoms with Crippen molar-refractivity contribution in [2.45, 2.75) is 58.5 Å². The van der Waals surface area contributed by atoms with E-state index in [1.54, 1.807) is 36.4 Å². The number of hydrogen-bond acceptors (Lipinski definition) is 5. The summed E-state index contributed by atoms with van der Waals surface area (Å²) in [6, 6.07) is 14.5. The van der Waals surface area contributed by atoms with Crippen LogP contribution in [0.25, 0.3) is 0 Å². The molecule has 8 heteroatoms. The SMILES string of the molecule is CCCCCCc1ccccc1Nc1nc(Nc2ccc(OCCC)cc2)ncc1C(F)(F)F. The van der Waals surface area contributed by atoms with Crippen LogP contribution in [-0.2, 0) is 12.6 Å². The van der Waals surface area contributed by atoms with E-state index in [1.165, 1.54) is 0 Å². The van der Waals surface area contributed by atoms with Gasteiger partial charge in [0, 0.05) is 17.6 Å². The van der Waals surface area contributed by atoms with Gasteiger partial charge < -0.3 is 15.4 Å². The van der Waals surface area contributed by atoms with Crippen LogP contribution in [0.15, 0.2) is 54.7 Å². The minimum absolute atomic E-state index is 0.0677. The zero-order chi connectivity index (χ0) is 24.4. The van der Waals surface area contributed by atoms with Crippen molar-refractivity contribution in [3.8, 4) is 5.75 Å². The van der Waals surface area contributed by atoms with Crippen molar-refractivity contribution in [1.29, 1.82) is 0 Å². The molecule has 1 aromatic heterocycles. The summed E-state index contributed by atoms with van der Waals surface area (Å²) in [6.45, 7) is 4.78. The maximum atomic E-state index is 13.7. The molecule has 3 aromatic rings. The number of benzene rings is 2. The van der Waals surface area contributed by atoms with E-state index in [9.17, 15) is 13.2 Å². The molecule has 2 aromatic carbocycles. The predicted molar refractivity (Wildman–Crippen MR) is 130 cm³/mol. The smallest absolute Gasteiger partial charge is 0.421 e. The monoisotopic (exact) mass is 472 g/mol. The summed E-state index contributed by atoms with van der Waals surface area (Å²) in [5.74, 6) is 0.505. The first-order valence-electron chi connectivity index (χ1n) is 11.7. The normalized spacial score (nSPS) is 11.3. The lowest BCUT2D eigenvalue weighted by Gasteiger charge is -2.17. The van der Waals surface area contributed by atoms with Crippen LogP contribution in [0.2, 0.25) is 0 Å². The average Bonchev–Trinajstić information content (AvgIpc) is 2.82. The van der Waals surface area contributed by atoms with E-state index < -0.39 is 11.7 Å². The first-order chi connectivity index (χ1) is 16.4. The maximum absolute atomic E-state index is 13.7. The molecule has 1 heterocycles. The zero-order valence-corrected chi connectivity index (χ0v) is 19.6. The highest BCUT2D eigenvalue weighted by molar-refractivity contribution is 5.65. The molecule has 0 saturated heterocycles. The summed E-state index contributed by atoms with van der Waals surface area (Å²) < 4.78 is 46.6. The molecule has 0 radical (unpaired) electrons. The van der Waals surface area contributed by atoms with Crippen molar-refractivity contribution in [3.05, 3.63) is 65.9 Å². The number of unbranched alkanes of at least 4 members (excludes halogenated alkanes) is 3. The molecular formula is C26H31F3N4O. The Kier molecular flexibility index (Phi) is 9.13. The Morgan fingerprint density at radius 2 is 1.65 bits per heavy atom. The van der Waals surface area contributed by atoms with E-state index in [4.69, 9.17) is 4.74 Å². The van der Waals surface area contributed by atoms with Gasteiger partial charge in [-0.3, -0.25) is 0 Å². The number of para-hydroxylation sites is 1. The lowest BCUT2D eigenvalue weighted by Crippen LogP contribution is -2.13. The summed E-state index contributed by atoms with van der Waals surface area (Å²) in [5.41, 5.74) is 1.31. The van der Waals surface area contributed by atoms with Gasteiger partial charge in [0.05, 0.1) is 6.61 Å². The highest BCUT2D eigenvalue weighted by atomic mass is 19.4. The summed E-state index contributed by atoms with van der Waals surface area (Å²) in [4.78, 5) is 8.06. The second-order valence-electron chi connectivity index (χ2n) is 8.04. The van der Waals surface area contributed by atoms with E-state index in [2.05, 4.69) is 27.5 Å². The molecule has 0 saturated carbocycles. The number of halogens is 3. The number of ether oxygens (including phenoxy) is 1. The van der Waals surface area contributed by atoms with E-state index in [-0.39, 0.29) is 11.8 Å². The fourth-order valence-corrected chi connectivity index (χ4v) is 3.46. The standard InChI is InChI=1S/C26H31F3N4O/c1-3-5-6-7-10-19-11-8-9-12-23(19)32-24-22(26(27,28)29)18-30-25(33-24)31-20-13-15-21(16-14-20)34-17-4-2/h8-9,11-16,18H,3-7,10,17H2,1-2H3,(H2,30,31,32,33). The molecule has 0 aliphatic heterocycles. The van der Waals surface area contributed by atoms with Crippen LogP contribution in [0.4, 0.5) is 36.3 Å². The number of nitrogens with zero attached hydrogens (tertiary/aromatic N) is 2. The third-order valence-electron chi connectivity index (χ3n) is 5.25. The van der Waals surface area contributed by atoms with Gasteiger partial charge in [0.15, 0.2) is 0 Å². The Morgan fingerprint density at radius 3 is 2.35 bits per heavy atom. The van der Waals surface area contributed by atoms with Crippen LogP contribution in [0.3, 0.4) is 0 Å². The molecule has 34 heavy (non-hydrogen) atoms. The summed E-state index contributed by atoms with van der Waals surface area (Å²) in [5, 5.41) is 5.89. The fraction of sp³-hybridized carbons (Fsp3) is 0.385. The zero-order valence-electron chi connectivity index (χ0n) is 19.6. The van der Waals surface area contributed by atoms with Crippen molar-refractivity contribution in [3.63, 3.8) is 0 Å². The Balaban J connectivity index is 1.82. The summed E-state index contributed by atoms with van der Waals surface area (Å²) in [7, 11) is 0. The van der Waals surface area contributed by atoms with Crippen molar-refractivity contribution in [2.24, 2.45) is 0 Å². The Bertz CT molecular complexity index is 1040. The Labute approximate surface area is 198 Å². The molecule has 2 N–H and O–H groups in total. The number of hydrogen-bond donors (Lipinski definition) is 2. The van der Waals surface area contributed by atoms with Crippen LogP contribution < -0.4 is 15.4 Å². The highest BCUT2D eigenvalue weighted by Gasteiger charge is 2.35. The molecule has 0 amide bonds. The van der Waals surface area contributed by atoms with Crippen LogP contribution in [-0.4, -0.2) is 16.6 Å². The second-order valence-corrected chi connectivity index (χ2v) is 8.04. The fourth-order valence-electron chi connectivity index (χ4n) is 3.46. The van der Waals surface area contributed by atoms with E-state index >= 15 is 0 Å². The molecule has 3 rings (SSSR count). The summed E-state index contributed by atoms with van der Waals surface area (Å²) in [6.07, 6.45) is 2.23. The topological polar surface area (TPSA) is 59.1 Å². The molecule has 0 bridgehead atoms. The lowest BCUT2D eigenvalue weighted by atomic mass is 10.0. The molecule has 5 nitrogen and oxygen atoms in total. The van der Waals surface area contributed by atoms with Crippen molar-refractivity contribution in [1.82, 2.24) is 9.97 Å². The molecule has 0 fully saturated rings. The molecule has 0 spiro atoms. The van der Waals surface area contributed by atoms with E-state index in [0.29, 0.717) is 18.0 Å². The summed E-state index contributed by atoms with van der Waals surface area (Å²) >= 11 is 0. The lowest BCUT2D eigenvalue weighted by molar-refractivity contribution is -0.137. The van der Waals surface area contributed by atoms with Gasteiger partial charge in [0.25, 0.3) is 0 Å². The number of nitrogens with one attached hydrogen (secondary N) is 2. The largest absolute Gasteiger partial charge is 0.494 e. The van der Waals surface area contributed by atoms with Crippen molar-refractivity contribution >= 4 is 23.1 Å². The maximum Gasteiger partial charge on any atom is 0.421 e. The predicted octanol–water partition coefficient (Wildman–Crippen LogP) is 7.89. The van der Waals surface area contributed by atoms with Gasteiger partial charge >= 0.3 is 6.18 Å². The number of aryl methyl sites for hydroxylation is 1. The molecule has 0 aliphatic rings. The molecular weight excluding hydrogens is 441 g/mol. The van der Waals surface area contributed by atoms with E-state index in [0.717, 1.165) is 56.0 Å². The number of aromatic nitrogens is 2. The van der Waals surface area contributed by atoms with Gasteiger partial charge in [-0.1, -0.05) is 51.3 Å². The first kappa shape index (κ1) is 25.3. The van der Waals surface area contributed by atoms with Crippen molar-refractivity contribution < 1.29 is 17.9 Å². The van der Waals surface area contributed by atoms with Crippen LogP contribution in [0, 0.1) is 0 Å². The van der Waals surface area contributed by atoms with Crippen LogP contribution >= 0.6 is 0 Å². The molecule has 182 valence electrons. The minimum atomic E-state index is -4.59. The van der Waals surface area contributed by atoms with E-state index in [1.807, 2.05) is 19.1 Å². The van der Waals surface area contributed by atoms with Gasteiger partial charge in [0.2, 0.25) is 5.95 Å². The van der Waals surface area contributed by atoms with Gasteiger partial charge in [-0.25, -0.2) is 4.98 Å². The Morgan fingerprint density at radius 1 is 0.882 bits per heavy atom. The highest BCUT2D eigenvalue weighted by Crippen LogP contribution is 2.36. The average molecular weight is 473 g/mol. The van der Waals surface area contributed by atoms with Gasteiger partial charge in [-0.2, -0.15) is 18.2 Å². The van der Waals surface area contributed by atoms with Gasteiger partial charge in [0.1, 0.15) is 17.1 Å². The first-order valence-corrected chi connectivity index (χ1v) is 11.7.